The molecule has 3 rings (SSSR count). The summed E-state index contributed by atoms with van der Waals surface area (Å²) >= 11 is 0. The minimum Gasteiger partial charge on any atom is -0.324 e. The van der Waals surface area contributed by atoms with Crippen molar-refractivity contribution < 1.29 is 0 Å². The predicted octanol–water partition coefficient (Wildman–Crippen LogP) is 3.25. The molecule has 4 unspecified atom stereocenters. The topological polar surface area (TPSA) is 26.0 Å². The van der Waals surface area contributed by atoms with E-state index in [9.17, 15) is 0 Å². The van der Waals surface area contributed by atoms with E-state index < -0.39 is 0 Å². The van der Waals surface area contributed by atoms with Crippen molar-refractivity contribution in [1.29, 1.82) is 0 Å². The third-order valence-corrected chi connectivity index (χ3v) is 4.99. The highest BCUT2D eigenvalue weighted by atomic mass is 14.6. The van der Waals surface area contributed by atoms with Gasteiger partial charge in [-0.05, 0) is 62.7 Å². The summed E-state index contributed by atoms with van der Waals surface area (Å²) in [6, 6.07) is 0.400. The Morgan fingerprint density at radius 2 is 2.27 bits per heavy atom. The molecule has 2 fully saturated rings. The molecule has 4 atom stereocenters. The molecule has 2 N–H and O–H groups in total. The highest BCUT2D eigenvalue weighted by molar-refractivity contribution is 5.15. The van der Waals surface area contributed by atoms with Gasteiger partial charge in [-0.25, -0.2) is 0 Å². The maximum atomic E-state index is 6.32. The number of hydrogen-bond acceptors (Lipinski definition) is 1. The van der Waals surface area contributed by atoms with Crippen LogP contribution in [0.5, 0.6) is 0 Å². The van der Waals surface area contributed by atoms with Crippen molar-refractivity contribution in [1.82, 2.24) is 0 Å². The van der Waals surface area contributed by atoms with Crippen LogP contribution in [0.2, 0.25) is 0 Å². The summed E-state index contributed by atoms with van der Waals surface area (Å²) in [4.78, 5) is 0. The normalized spacial score (nSPS) is 40.9. The predicted molar refractivity (Wildman–Crippen MR) is 63.5 cm³/mol. The van der Waals surface area contributed by atoms with Crippen LogP contribution in [0.4, 0.5) is 0 Å². The van der Waals surface area contributed by atoms with Gasteiger partial charge in [0.15, 0.2) is 0 Å². The fourth-order valence-corrected chi connectivity index (χ4v) is 4.18. The van der Waals surface area contributed by atoms with E-state index in [0.29, 0.717) is 6.04 Å². The summed E-state index contributed by atoms with van der Waals surface area (Å²) < 4.78 is 0. The van der Waals surface area contributed by atoms with Crippen LogP contribution in [0.3, 0.4) is 0 Å². The summed E-state index contributed by atoms with van der Waals surface area (Å²) in [6.45, 7) is 0. The quantitative estimate of drug-likeness (QED) is 0.703. The Labute approximate surface area is 93.1 Å². The van der Waals surface area contributed by atoms with Crippen LogP contribution in [0.25, 0.3) is 0 Å². The Balaban J connectivity index is 1.56. The molecule has 0 amide bonds. The lowest BCUT2D eigenvalue weighted by atomic mass is 9.83. The van der Waals surface area contributed by atoms with E-state index in [-0.39, 0.29) is 0 Å². The molecular formula is C14H23N. The maximum absolute atomic E-state index is 6.32. The molecule has 0 aliphatic heterocycles. The number of nitrogens with two attached hydrogens (primary N) is 1. The molecule has 3 aliphatic rings. The van der Waals surface area contributed by atoms with Gasteiger partial charge in [0.2, 0.25) is 0 Å². The largest absolute Gasteiger partial charge is 0.324 e. The van der Waals surface area contributed by atoms with Gasteiger partial charge in [0.1, 0.15) is 0 Å². The fraction of sp³-hybridized carbons (Fsp3) is 0.857. The van der Waals surface area contributed by atoms with Gasteiger partial charge in [0.05, 0.1) is 0 Å². The standard InChI is InChI=1S/C14H23N/c15-14(11-3-1-2-4-11)9-13-8-10-5-6-12(13)7-10/h3,10,12-14H,1-2,4-9,15H2. The average Bonchev–Trinajstić information content (AvgIpc) is 2.95. The van der Waals surface area contributed by atoms with Crippen molar-refractivity contribution in [2.75, 3.05) is 0 Å². The Morgan fingerprint density at radius 1 is 1.33 bits per heavy atom. The van der Waals surface area contributed by atoms with E-state index in [1.165, 1.54) is 51.4 Å². The van der Waals surface area contributed by atoms with Crippen LogP contribution in [-0.2, 0) is 0 Å². The van der Waals surface area contributed by atoms with Crippen LogP contribution in [0.15, 0.2) is 11.6 Å². The molecule has 0 aromatic rings. The van der Waals surface area contributed by atoms with E-state index in [2.05, 4.69) is 6.08 Å². The molecule has 15 heavy (non-hydrogen) atoms. The lowest BCUT2D eigenvalue weighted by molar-refractivity contribution is 0.302. The first kappa shape index (κ1) is 9.89. The van der Waals surface area contributed by atoms with Crippen molar-refractivity contribution in [3.63, 3.8) is 0 Å². The lowest BCUT2D eigenvalue weighted by Gasteiger charge is -2.25. The Bertz CT molecular complexity index is 269. The third kappa shape index (κ3) is 1.87. The molecule has 0 spiro atoms. The molecule has 0 aromatic heterocycles. The van der Waals surface area contributed by atoms with E-state index >= 15 is 0 Å². The average molecular weight is 205 g/mol. The van der Waals surface area contributed by atoms with Gasteiger partial charge >= 0.3 is 0 Å². The zero-order valence-corrected chi connectivity index (χ0v) is 9.62. The van der Waals surface area contributed by atoms with Gasteiger partial charge < -0.3 is 5.73 Å². The molecular weight excluding hydrogens is 182 g/mol. The minimum atomic E-state index is 0.400. The van der Waals surface area contributed by atoms with E-state index in [1.54, 1.807) is 5.57 Å². The number of fused-ring (bicyclic) bond motifs is 2. The maximum Gasteiger partial charge on any atom is 0.0256 e. The van der Waals surface area contributed by atoms with Gasteiger partial charge in [-0.1, -0.05) is 18.1 Å². The Morgan fingerprint density at radius 3 is 2.87 bits per heavy atom. The second kappa shape index (κ2) is 3.93. The first-order valence-electron chi connectivity index (χ1n) is 6.77. The second-order valence-corrected chi connectivity index (χ2v) is 5.95. The molecule has 84 valence electrons. The summed E-state index contributed by atoms with van der Waals surface area (Å²) in [5, 5.41) is 0. The number of rotatable bonds is 3. The van der Waals surface area contributed by atoms with Gasteiger partial charge in [0.25, 0.3) is 0 Å². The van der Waals surface area contributed by atoms with Gasteiger partial charge in [0, 0.05) is 6.04 Å². The number of hydrogen-bond donors (Lipinski definition) is 1. The van der Waals surface area contributed by atoms with Crippen LogP contribution in [0.1, 0.15) is 51.4 Å². The summed E-state index contributed by atoms with van der Waals surface area (Å²) in [6.07, 6.45) is 13.6. The summed E-state index contributed by atoms with van der Waals surface area (Å²) in [5.41, 5.74) is 7.89. The van der Waals surface area contributed by atoms with Crippen LogP contribution >= 0.6 is 0 Å². The Kier molecular flexibility index (Phi) is 2.59. The molecule has 2 saturated carbocycles. The molecule has 0 radical (unpaired) electrons. The first-order valence-corrected chi connectivity index (χ1v) is 6.77. The van der Waals surface area contributed by atoms with E-state index in [4.69, 9.17) is 5.73 Å². The van der Waals surface area contributed by atoms with E-state index in [0.717, 1.165) is 17.8 Å². The molecule has 0 aromatic carbocycles. The van der Waals surface area contributed by atoms with Crippen LogP contribution in [-0.4, -0.2) is 6.04 Å². The fourth-order valence-electron chi connectivity index (χ4n) is 4.18. The first-order chi connectivity index (χ1) is 7.33. The van der Waals surface area contributed by atoms with E-state index in [1.807, 2.05) is 0 Å². The van der Waals surface area contributed by atoms with Crippen molar-refractivity contribution in [2.24, 2.45) is 23.5 Å². The van der Waals surface area contributed by atoms with Gasteiger partial charge in [-0.2, -0.15) is 0 Å². The number of allylic oxidation sites excluding steroid dienone is 1. The monoisotopic (exact) mass is 205 g/mol. The van der Waals surface area contributed by atoms with Crippen molar-refractivity contribution in [3.05, 3.63) is 11.6 Å². The molecule has 2 bridgehead atoms. The summed E-state index contributed by atoms with van der Waals surface area (Å²) in [7, 11) is 0. The smallest absolute Gasteiger partial charge is 0.0256 e. The molecule has 0 heterocycles. The van der Waals surface area contributed by atoms with Gasteiger partial charge in [-0.15, -0.1) is 0 Å². The molecule has 1 nitrogen and oxygen atoms in total. The molecule has 1 heteroatoms. The zero-order valence-electron chi connectivity index (χ0n) is 9.62. The minimum absolute atomic E-state index is 0.400. The lowest BCUT2D eigenvalue weighted by Crippen LogP contribution is -2.27. The molecule has 3 aliphatic carbocycles. The highest BCUT2D eigenvalue weighted by Crippen LogP contribution is 2.50. The second-order valence-electron chi connectivity index (χ2n) is 5.95. The third-order valence-electron chi connectivity index (χ3n) is 4.99. The Hall–Kier alpha value is -0.300. The zero-order chi connectivity index (χ0) is 10.3. The SMILES string of the molecule is NC(CC1CC2CCC1C2)C1=CCCC1. The van der Waals surface area contributed by atoms with Crippen LogP contribution < -0.4 is 5.73 Å². The van der Waals surface area contributed by atoms with Crippen molar-refractivity contribution >= 4 is 0 Å². The van der Waals surface area contributed by atoms with Crippen LogP contribution in [0, 0.1) is 17.8 Å². The van der Waals surface area contributed by atoms with Crippen molar-refractivity contribution in [3.8, 4) is 0 Å². The highest BCUT2D eigenvalue weighted by Gasteiger charge is 2.39. The van der Waals surface area contributed by atoms with Crippen molar-refractivity contribution in [2.45, 2.75) is 57.4 Å². The van der Waals surface area contributed by atoms with Gasteiger partial charge in [-0.3, -0.25) is 0 Å². The molecule has 0 saturated heterocycles. The summed E-state index contributed by atoms with van der Waals surface area (Å²) in [5.74, 6) is 3.09.